The first-order valence-corrected chi connectivity index (χ1v) is 6.46. The minimum Gasteiger partial charge on any atom is -0.319 e. The minimum absolute atomic E-state index is 0.353. The van der Waals surface area contributed by atoms with Crippen molar-refractivity contribution in [3.05, 3.63) is 83.7 Å². The van der Waals surface area contributed by atoms with E-state index in [4.69, 9.17) is 5.73 Å². The highest BCUT2D eigenvalue weighted by atomic mass is 19.1. The van der Waals surface area contributed by atoms with Gasteiger partial charge in [0.2, 0.25) is 0 Å². The van der Waals surface area contributed by atoms with E-state index in [2.05, 4.69) is 5.10 Å². The van der Waals surface area contributed by atoms with E-state index >= 15 is 0 Å². The van der Waals surface area contributed by atoms with Crippen LogP contribution in [0.1, 0.15) is 17.3 Å². The number of hydrogen-bond donors (Lipinski definition) is 1. The van der Waals surface area contributed by atoms with E-state index in [1.54, 1.807) is 16.9 Å². The van der Waals surface area contributed by atoms with Gasteiger partial charge in [0, 0.05) is 12.3 Å². The monoisotopic (exact) mass is 285 g/mol. The second kappa shape index (κ2) is 5.46. The lowest BCUT2D eigenvalue weighted by Gasteiger charge is -2.09. The predicted octanol–water partition coefficient (Wildman–Crippen LogP) is 3.20. The van der Waals surface area contributed by atoms with Crippen molar-refractivity contribution in [3.63, 3.8) is 0 Å². The summed E-state index contributed by atoms with van der Waals surface area (Å²) in [5.41, 5.74) is 7.82. The fourth-order valence-corrected chi connectivity index (χ4v) is 2.15. The molecular formula is C16H13F2N3. The van der Waals surface area contributed by atoms with Crippen LogP contribution >= 0.6 is 0 Å². The maximum absolute atomic E-state index is 13.3. The van der Waals surface area contributed by atoms with Crippen LogP contribution in [0.3, 0.4) is 0 Å². The molecule has 0 spiro atoms. The summed E-state index contributed by atoms with van der Waals surface area (Å²) in [7, 11) is 0. The number of hydrogen-bond acceptors (Lipinski definition) is 2. The van der Waals surface area contributed by atoms with Crippen LogP contribution in [-0.2, 0) is 0 Å². The fraction of sp³-hybridized carbons (Fsp3) is 0.0625. The summed E-state index contributed by atoms with van der Waals surface area (Å²) in [5.74, 6) is -1.30. The highest BCUT2D eigenvalue weighted by Gasteiger charge is 2.14. The second-order valence-electron chi connectivity index (χ2n) is 4.70. The second-order valence-corrected chi connectivity index (χ2v) is 4.70. The van der Waals surface area contributed by atoms with Gasteiger partial charge in [-0.05, 0) is 35.9 Å². The van der Waals surface area contributed by atoms with Crippen LogP contribution in [0.4, 0.5) is 8.78 Å². The van der Waals surface area contributed by atoms with Gasteiger partial charge in [0.15, 0.2) is 0 Å². The smallest absolute Gasteiger partial charge is 0.126 e. The predicted molar refractivity (Wildman–Crippen MR) is 76.0 cm³/mol. The normalized spacial score (nSPS) is 12.3. The molecule has 1 heterocycles. The zero-order chi connectivity index (χ0) is 14.8. The highest BCUT2D eigenvalue weighted by molar-refractivity contribution is 5.33. The number of halogens is 2. The van der Waals surface area contributed by atoms with Crippen LogP contribution in [-0.4, -0.2) is 9.78 Å². The first kappa shape index (κ1) is 13.5. The van der Waals surface area contributed by atoms with Crippen molar-refractivity contribution in [2.45, 2.75) is 6.04 Å². The molecule has 0 bridgehead atoms. The molecule has 0 radical (unpaired) electrons. The van der Waals surface area contributed by atoms with Gasteiger partial charge >= 0.3 is 0 Å². The molecule has 1 atom stereocenters. The molecule has 2 N–H and O–H groups in total. The minimum atomic E-state index is -0.680. The third kappa shape index (κ3) is 2.83. The van der Waals surface area contributed by atoms with Crippen molar-refractivity contribution in [3.8, 4) is 5.69 Å². The lowest BCUT2D eigenvalue weighted by molar-refractivity contribution is 0.576. The molecule has 0 aliphatic rings. The highest BCUT2D eigenvalue weighted by Crippen LogP contribution is 2.21. The van der Waals surface area contributed by atoms with E-state index in [0.717, 1.165) is 11.8 Å². The number of nitrogens with two attached hydrogens (primary N) is 1. The van der Waals surface area contributed by atoms with Gasteiger partial charge in [0.05, 0.1) is 17.4 Å². The summed E-state index contributed by atoms with van der Waals surface area (Å²) in [6.45, 7) is 0. The molecular weight excluding hydrogens is 272 g/mol. The molecule has 0 fully saturated rings. The summed E-state index contributed by atoms with van der Waals surface area (Å²) >= 11 is 0. The summed E-state index contributed by atoms with van der Waals surface area (Å²) in [6, 6.07) is 13.8. The largest absolute Gasteiger partial charge is 0.319 e. The standard InChI is InChI=1S/C16H13F2N3/c17-12-8-11(9-13(18)10-12)16(19)15-6-7-21(20-15)14-4-2-1-3-5-14/h1-10,16H,19H2. The van der Waals surface area contributed by atoms with Gasteiger partial charge < -0.3 is 5.73 Å². The molecule has 3 nitrogen and oxygen atoms in total. The number of rotatable bonds is 3. The first-order chi connectivity index (χ1) is 10.1. The molecule has 0 saturated heterocycles. The van der Waals surface area contributed by atoms with Crippen molar-refractivity contribution in [1.29, 1.82) is 0 Å². The number of nitrogens with zero attached hydrogens (tertiary/aromatic N) is 2. The van der Waals surface area contributed by atoms with Crippen molar-refractivity contribution >= 4 is 0 Å². The SMILES string of the molecule is NC(c1cc(F)cc(F)c1)c1ccn(-c2ccccc2)n1. The summed E-state index contributed by atoms with van der Waals surface area (Å²) < 4.78 is 28.2. The Hall–Kier alpha value is -2.53. The lowest BCUT2D eigenvalue weighted by Crippen LogP contribution is -2.13. The molecule has 3 rings (SSSR count). The summed E-state index contributed by atoms with van der Waals surface area (Å²) in [5, 5.41) is 4.36. The van der Waals surface area contributed by atoms with Crippen molar-refractivity contribution in [2.24, 2.45) is 5.73 Å². The third-order valence-corrected chi connectivity index (χ3v) is 3.19. The zero-order valence-corrected chi connectivity index (χ0v) is 11.1. The Balaban J connectivity index is 1.92. The van der Waals surface area contributed by atoms with Crippen LogP contribution in [0.2, 0.25) is 0 Å². The van der Waals surface area contributed by atoms with Gasteiger partial charge in [-0.1, -0.05) is 18.2 Å². The van der Waals surface area contributed by atoms with Crippen LogP contribution in [0.25, 0.3) is 5.69 Å². The first-order valence-electron chi connectivity index (χ1n) is 6.46. The summed E-state index contributed by atoms with van der Waals surface area (Å²) in [4.78, 5) is 0. The molecule has 1 aromatic heterocycles. The Morgan fingerprint density at radius 2 is 1.62 bits per heavy atom. The Kier molecular flexibility index (Phi) is 3.50. The molecule has 0 saturated carbocycles. The molecule has 3 aromatic rings. The number of aromatic nitrogens is 2. The van der Waals surface area contributed by atoms with E-state index in [9.17, 15) is 8.78 Å². The molecule has 2 aromatic carbocycles. The Bertz CT molecular complexity index is 733. The van der Waals surface area contributed by atoms with Gasteiger partial charge in [-0.15, -0.1) is 0 Å². The molecule has 5 heteroatoms. The van der Waals surface area contributed by atoms with Crippen molar-refractivity contribution in [1.82, 2.24) is 9.78 Å². The number of para-hydroxylation sites is 1. The van der Waals surface area contributed by atoms with Gasteiger partial charge in [-0.2, -0.15) is 5.10 Å². The molecule has 1 unspecified atom stereocenters. The quantitative estimate of drug-likeness (QED) is 0.803. The van der Waals surface area contributed by atoms with E-state index in [1.807, 2.05) is 30.3 Å². The van der Waals surface area contributed by atoms with E-state index in [1.165, 1.54) is 12.1 Å². The molecule has 0 aliphatic heterocycles. The van der Waals surface area contributed by atoms with Gasteiger partial charge in [-0.3, -0.25) is 0 Å². The maximum atomic E-state index is 13.3. The summed E-state index contributed by atoms with van der Waals surface area (Å²) in [6.07, 6.45) is 1.76. The van der Waals surface area contributed by atoms with Gasteiger partial charge in [-0.25, -0.2) is 13.5 Å². The Labute approximate surface area is 120 Å². The van der Waals surface area contributed by atoms with Crippen LogP contribution in [0.5, 0.6) is 0 Å². The zero-order valence-electron chi connectivity index (χ0n) is 11.1. The third-order valence-electron chi connectivity index (χ3n) is 3.19. The Morgan fingerprint density at radius 1 is 0.952 bits per heavy atom. The molecule has 0 amide bonds. The van der Waals surface area contributed by atoms with Crippen molar-refractivity contribution < 1.29 is 8.78 Å². The lowest BCUT2D eigenvalue weighted by atomic mass is 10.0. The molecule has 0 aliphatic carbocycles. The number of benzene rings is 2. The fourth-order valence-electron chi connectivity index (χ4n) is 2.15. The van der Waals surface area contributed by atoms with E-state index in [-0.39, 0.29) is 0 Å². The topological polar surface area (TPSA) is 43.8 Å². The average molecular weight is 285 g/mol. The molecule has 21 heavy (non-hydrogen) atoms. The van der Waals surface area contributed by atoms with Crippen LogP contribution in [0, 0.1) is 11.6 Å². The Morgan fingerprint density at radius 3 is 2.29 bits per heavy atom. The van der Waals surface area contributed by atoms with Crippen molar-refractivity contribution in [2.75, 3.05) is 0 Å². The van der Waals surface area contributed by atoms with Crippen LogP contribution < -0.4 is 5.73 Å². The van der Waals surface area contributed by atoms with Gasteiger partial charge in [0.25, 0.3) is 0 Å². The average Bonchev–Trinajstić information content (AvgIpc) is 2.96. The van der Waals surface area contributed by atoms with E-state index < -0.39 is 17.7 Å². The maximum Gasteiger partial charge on any atom is 0.126 e. The molecule has 106 valence electrons. The van der Waals surface area contributed by atoms with Gasteiger partial charge in [0.1, 0.15) is 11.6 Å². The van der Waals surface area contributed by atoms with E-state index in [0.29, 0.717) is 11.3 Å². The van der Waals surface area contributed by atoms with Crippen LogP contribution in [0.15, 0.2) is 60.8 Å².